The number of carbonyl (C=O) groups is 1. The van der Waals surface area contributed by atoms with E-state index >= 15 is 0 Å². The van der Waals surface area contributed by atoms with E-state index in [2.05, 4.69) is 39.2 Å². The van der Waals surface area contributed by atoms with E-state index in [1.165, 1.54) is 0 Å². The van der Waals surface area contributed by atoms with Crippen molar-refractivity contribution in [1.82, 2.24) is 5.32 Å². The van der Waals surface area contributed by atoms with Crippen molar-refractivity contribution in [2.75, 3.05) is 0 Å². The summed E-state index contributed by atoms with van der Waals surface area (Å²) < 4.78 is 6.14. The van der Waals surface area contributed by atoms with E-state index in [4.69, 9.17) is 16.0 Å². The first-order chi connectivity index (χ1) is 7.06. The molecule has 1 aliphatic rings. The lowest BCUT2D eigenvalue weighted by Gasteiger charge is -2.43. The van der Waals surface area contributed by atoms with E-state index in [0.717, 1.165) is 0 Å². The van der Waals surface area contributed by atoms with Crippen LogP contribution in [0.2, 0.25) is 18.1 Å². The second-order valence-corrected chi connectivity index (χ2v) is 11.2. The average Bonchev–Trinajstić information content (AvgIpc) is 1.99. The Hall–Kier alpha value is -0.0631. The van der Waals surface area contributed by atoms with Crippen LogP contribution in [0.3, 0.4) is 0 Å². The van der Waals surface area contributed by atoms with Gasteiger partial charge in [-0.25, -0.2) is 0 Å². The molecule has 0 radical (unpaired) electrons. The van der Waals surface area contributed by atoms with Gasteiger partial charge in [0.15, 0.2) is 8.32 Å². The number of hydrogen-bond donors (Lipinski definition) is 1. The molecule has 1 N–H and O–H groups in total. The van der Waals surface area contributed by atoms with Gasteiger partial charge < -0.3 is 9.74 Å². The van der Waals surface area contributed by atoms with E-state index in [1.807, 2.05) is 6.92 Å². The largest absolute Gasteiger partial charge is 0.413 e. The first-order valence-electron chi connectivity index (χ1n) is 5.68. The number of amides is 1. The highest BCUT2D eigenvalue weighted by molar-refractivity contribution is 6.74. The standard InChI is InChI=1S/C11H22ClNO2Si/c1-7(8-9(12)13-10(8)14)15-16(5,6)11(2,3)4/h7-9H,1-6H3,(H,13,14)/t7?,8-,9+/m1/s1. The van der Waals surface area contributed by atoms with Gasteiger partial charge in [-0.3, -0.25) is 4.79 Å². The SMILES string of the molecule is CC(O[Si](C)(C)C(C)(C)C)[C@H]1C(=O)N[C@@H]1Cl. The maximum Gasteiger partial charge on any atom is 0.230 e. The number of carbonyl (C=O) groups excluding carboxylic acids is 1. The Morgan fingerprint density at radius 1 is 1.44 bits per heavy atom. The third kappa shape index (κ3) is 2.60. The first kappa shape index (κ1) is 14.0. The van der Waals surface area contributed by atoms with Crippen molar-refractivity contribution in [3.8, 4) is 0 Å². The van der Waals surface area contributed by atoms with Crippen LogP contribution in [-0.4, -0.2) is 25.8 Å². The number of β-lactam (4-membered cyclic amide) rings is 1. The molecular weight excluding hydrogens is 242 g/mol. The molecule has 0 saturated carbocycles. The van der Waals surface area contributed by atoms with Crippen molar-refractivity contribution in [1.29, 1.82) is 0 Å². The summed E-state index contributed by atoms with van der Waals surface area (Å²) in [5.74, 6) is -0.193. The fourth-order valence-corrected chi connectivity index (χ4v) is 3.38. The van der Waals surface area contributed by atoms with Crippen LogP contribution in [0.15, 0.2) is 0 Å². The second kappa shape index (κ2) is 4.31. The summed E-state index contributed by atoms with van der Waals surface area (Å²) in [5, 5.41) is 2.78. The summed E-state index contributed by atoms with van der Waals surface area (Å²) in [6.45, 7) is 12.9. The van der Waals surface area contributed by atoms with Crippen molar-refractivity contribution in [2.45, 2.75) is 57.4 Å². The number of rotatable bonds is 3. The van der Waals surface area contributed by atoms with E-state index in [1.54, 1.807) is 0 Å². The van der Waals surface area contributed by atoms with Crippen LogP contribution >= 0.6 is 11.6 Å². The molecule has 16 heavy (non-hydrogen) atoms. The predicted molar refractivity (Wildman–Crippen MR) is 69.0 cm³/mol. The van der Waals surface area contributed by atoms with Gasteiger partial charge in [-0.05, 0) is 25.1 Å². The Bertz CT molecular complexity index is 288. The summed E-state index contributed by atoms with van der Waals surface area (Å²) in [5.41, 5.74) is -0.271. The number of alkyl halides is 1. The Balaban J connectivity index is 2.64. The highest BCUT2D eigenvalue weighted by Crippen LogP contribution is 2.39. The normalized spacial score (nSPS) is 28.3. The van der Waals surface area contributed by atoms with Crippen LogP contribution in [0, 0.1) is 5.92 Å². The molecule has 1 rings (SSSR count). The summed E-state index contributed by atoms with van der Waals surface area (Å²) in [7, 11) is -1.81. The van der Waals surface area contributed by atoms with Crippen molar-refractivity contribution in [3.05, 3.63) is 0 Å². The maximum atomic E-state index is 11.4. The van der Waals surface area contributed by atoms with E-state index < -0.39 is 8.32 Å². The van der Waals surface area contributed by atoms with Gasteiger partial charge in [0.2, 0.25) is 5.91 Å². The zero-order valence-corrected chi connectivity index (χ0v) is 12.7. The van der Waals surface area contributed by atoms with Crippen molar-refractivity contribution in [2.24, 2.45) is 5.92 Å². The van der Waals surface area contributed by atoms with Crippen LogP contribution in [0.4, 0.5) is 0 Å². The van der Waals surface area contributed by atoms with Gasteiger partial charge in [0.05, 0.1) is 12.0 Å². The summed E-state index contributed by atoms with van der Waals surface area (Å²) in [6.07, 6.45) is -0.0999. The van der Waals surface area contributed by atoms with E-state index in [-0.39, 0.29) is 28.5 Å². The monoisotopic (exact) mass is 263 g/mol. The number of nitrogens with one attached hydrogen (secondary N) is 1. The molecule has 0 aromatic rings. The fraction of sp³-hybridized carbons (Fsp3) is 0.909. The predicted octanol–water partition coefficient (Wildman–Crippen LogP) is 2.71. The Labute approximate surface area is 104 Å². The molecule has 3 nitrogen and oxygen atoms in total. The zero-order chi connectivity index (χ0) is 12.7. The van der Waals surface area contributed by atoms with Crippen molar-refractivity contribution < 1.29 is 9.22 Å². The maximum absolute atomic E-state index is 11.4. The minimum absolute atomic E-state index is 0.00575. The second-order valence-electron chi connectivity index (χ2n) is 6.02. The number of hydrogen-bond acceptors (Lipinski definition) is 2. The molecule has 1 unspecified atom stereocenters. The van der Waals surface area contributed by atoms with Crippen molar-refractivity contribution in [3.63, 3.8) is 0 Å². The molecule has 3 atom stereocenters. The van der Waals surface area contributed by atoms with Gasteiger partial charge in [0.1, 0.15) is 5.50 Å². The number of halogens is 1. The van der Waals surface area contributed by atoms with Gasteiger partial charge >= 0.3 is 0 Å². The molecule has 1 amide bonds. The highest BCUT2D eigenvalue weighted by Gasteiger charge is 2.46. The lowest BCUT2D eigenvalue weighted by molar-refractivity contribution is -0.136. The van der Waals surface area contributed by atoms with Gasteiger partial charge in [0.25, 0.3) is 0 Å². The van der Waals surface area contributed by atoms with Crippen molar-refractivity contribution >= 4 is 25.8 Å². The van der Waals surface area contributed by atoms with Crippen LogP contribution in [0.5, 0.6) is 0 Å². The molecule has 0 bridgehead atoms. The minimum atomic E-state index is -1.81. The summed E-state index contributed by atoms with van der Waals surface area (Å²) in [6, 6.07) is 0. The van der Waals surface area contributed by atoms with Crippen LogP contribution in [-0.2, 0) is 9.22 Å². The average molecular weight is 264 g/mol. The topological polar surface area (TPSA) is 38.3 Å². The summed E-state index contributed by atoms with van der Waals surface area (Å²) in [4.78, 5) is 11.4. The molecule has 1 aliphatic heterocycles. The smallest absolute Gasteiger partial charge is 0.230 e. The first-order valence-corrected chi connectivity index (χ1v) is 9.03. The Morgan fingerprint density at radius 2 is 1.94 bits per heavy atom. The summed E-state index contributed by atoms with van der Waals surface area (Å²) >= 11 is 5.95. The van der Waals surface area contributed by atoms with Crippen LogP contribution in [0.1, 0.15) is 27.7 Å². The fourth-order valence-electron chi connectivity index (χ4n) is 1.52. The molecule has 1 heterocycles. The molecule has 94 valence electrons. The minimum Gasteiger partial charge on any atom is -0.413 e. The molecule has 5 heteroatoms. The Morgan fingerprint density at radius 3 is 2.25 bits per heavy atom. The lowest BCUT2D eigenvalue weighted by atomic mass is 9.96. The molecule has 0 aromatic carbocycles. The van der Waals surface area contributed by atoms with Gasteiger partial charge in [-0.1, -0.05) is 32.4 Å². The molecule has 1 saturated heterocycles. The Kier molecular flexibility index (Phi) is 3.77. The molecule has 0 aromatic heterocycles. The van der Waals surface area contributed by atoms with Gasteiger partial charge in [-0.15, -0.1) is 0 Å². The van der Waals surface area contributed by atoms with Crippen LogP contribution in [0.25, 0.3) is 0 Å². The molecule has 0 spiro atoms. The van der Waals surface area contributed by atoms with Gasteiger partial charge in [0, 0.05) is 0 Å². The third-order valence-corrected chi connectivity index (χ3v) is 8.64. The van der Waals surface area contributed by atoms with Crippen LogP contribution < -0.4 is 5.32 Å². The van der Waals surface area contributed by atoms with Gasteiger partial charge in [-0.2, -0.15) is 0 Å². The highest BCUT2D eigenvalue weighted by atomic mass is 35.5. The lowest BCUT2D eigenvalue weighted by Crippen LogP contribution is -2.61. The zero-order valence-electron chi connectivity index (χ0n) is 10.9. The molecule has 0 aliphatic carbocycles. The third-order valence-electron chi connectivity index (χ3n) is 3.69. The quantitative estimate of drug-likeness (QED) is 0.368. The molecular formula is C11H22ClNO2Si. The van der Waals surface area contributed by atoms with E-state index in [0.29, 0.717) is 0 Å². The molecule has 1 fully saturated rings. The van der Waals surface area contributed by atoms with E-state index in [9.17, 15) is 4.79 Å².